The summed E-state index contributed by atoms with van der Waals surface area (Å²) in [5.74, 6) is -1.77. The van der Waals surface area contributed by atoms with E-state index in [0.717, 1.165) is 165 Å². The standard InChI is InChI=1S/C63H68N6O4/c1-5-9-13-14-15-19-39-68-60(70)45-27-29-47-59-48(30-28-46(58(45)59)61(68)71)63(73)69(62(47)72)41-25-23-40(24-26-41)57-55-37-35-53(66-55)43(21-17-11-7-3)51-33-31-49(64-51)42(20-16-10-6-2)50-32-34-52(65-50)44(22-18-12-8-4)54-36-38-56(57)67-54/h23-38,64,67H,5-22,39H2,1-4H3. The quantitative estimate of drug-likeness (QED) is 0.0544. The van der Waals surface area contributed by atoms with Crippen LogP contribution in [0.25, 0.3) is 68.3 Å². The molecule has 8 bridgehead atoms. The van der Waals surface area contributed by atoms with Crippen molar-refractivity contribution >= 4 is 86.5 Å². The number of aromatic nitrogens is 4. The number of imide groups is 2. The van der Waals surface area contributed by atoms with Gasteiger partial charge in [0.2, 0.25) is 0 Å². The van der Waals surface area contributed by atoms with Crippen LogP contribution in [0.4, 0.5) is 5.69 Å². The van der Waals surface area contributed by atoms with E-state index in [1.165, 1.54) is 32.9 Å². The Morgan fingerprint density at radius 2 is 0.781 bits per heavy atom. The molecule has 0 fully saturated rings. The summed E-state index contributed by atoms with van der Waals surface area (Å²) in [6.45, 7) is 9.22. The summed E-state index contributed by atoms with van der Waals surface area (Å²) in [6, 6.07) is 22.9. The second-order valence-corrected chi connectivity index (χ2v) is 20.3. The molecule has 0 saturated carbocycles. The van der Waals surface area contributed by atoms with Crippen molar-refractivity contribution in [3.8, 4) is 11.1 Å². The van der Waals surface area contributed by atoms with Crippen molar-refractivity contribution in [3.05, 3.63) is 135 Å². The molecule has 4 aliphatic rings. The molecule has 6 aromatic rings. The molecular weight excluding hydrogens is 905 g/mol. The number of nitrogens with one attached hydrogen (secondary N) is 2. The molecule has 0 aliphatic carbocycles. The van der Waals surface area contributed by atoms with Crippen molar-refractivity contribution in [1.82, 2.24) is 24.8 Å². The highest BCUT2D eigenvalue weighted by Crippen LogP contribution is 2.41. The molecular formula is C63H68N6O4. The van der Waals surface area contributed by atoms with Crippen molar-refractivity contribution in [2.75, 3.05) is 11.4 Å². The Kier molecular flexibility index (Phi) is 14.8. The lowest BCUT2D eigenvalue weighted by atomic mass is 9.85. The summed E-state index contributed by atoms with van der Waals surface area (Å²) < 4.78 is 0. The van der Waals surface area contributed by atoms with Crippen LogP contribution in [0, 0.1) is 0 Å². The van der Waals surface area contributed by atoms with Gasteiger partial charge in [-0.05, 0) is 135 Å². The van der Waals surface area contributed by atoms with Crippen molar-refractivity contribution in [2.24, 2.45) is 0 Å². The minimum Gasteiger partial charge on any atom is -0.355 e. The Bertz CT molecular complexity index is 3290. The van der Waals surface area contributed by atoms with Crippen molar-refractivity contribution in [3.63, 3.8) is 0 Å². The van der Waals surface area contributed by atoms with Gasteiger partial charge in [0.25, 0.3) is 23.6 Å². The number of nitrogens with zero attached hydrogens (tertiary/aromatic N) is 4. The first-order chi connectivity index (χ1) is 35.7. The number of carbonyl (C=O) groups excluding carboxylic acids is 4. The van der Waals surface area contributed by atoms with Gasteiger partial charge in [-0.25, -0.2) is 14.9 Å². The number of anilines is 1. The highest BCUT2D eigenvalue weighted by Gasteiger charge is 2.40. The lowest BCUT2D eigenvalue weighted by Crippen LogP contribution is -2.43. The lowest BCUT2D eigenvalue weighted by Gasteiger charge is -2.32. The average Bonchev–Trinajstić information content (AvgIpc) is 4.26. The molecule has 2 N–H and O–H groups in total. The number of hydrogen-bond acceptors (Lipinski definition) is 6. The second-order valence-electron chi connectivity index (χ2n) is 20.3. The van der Waals surface area contributed by atoms with E-state index < -0.39 is 11.8 Å². The zero-order valence-corrected chi connectivity index (χ0v) is 43.1. The number of carbonyl (C=O) groups is 4. The smallest absolute Gasteiger partial charge is 0.265 e. The van der Waals surface area contributed by atoms with Crippen molar-refractivity contribution in [1.29, 1.82) is 0 Å². The lowest BCUT2D eigenvalue weighted by molar-refractivity contribution is 0.0606. The van der Waals surface area contributed by atoms with Crippen LogP contribution in [0.1, 0.15) is 205 Å². The third-order valence-electron chi connectivity index (χ3n) is 15.3. The topological polar surface area (TPSA) is 132 Å². The van der Waals surface area contributed by atoms with Crippen LogP contribution < -0.4 is 4.90 Å². The molecule has 4 aliphatic heterocycles. The van der Waals surface area contributed by atoms with E-state index in [1.54, 1.807) is 24.3 Å². The van der Waals surface area contributed by atoms with Gasteiger partial charge in [-0.1, -0.05) is 110 Å². The molecule has 10 nitrogen and oxygen atoms in total. The normalized spacial score (nSPS) is 13.9. The first-order valence-electron chi connectivity index (χ1n) is 27.3. The molecule has 374 valence electrons. The van der Waals surface area contributed by atoms with E-state index in [0.29, 0.717) is 34.1 Å². The largest absolute Gasteiger partial charge is 0.355 e. The molecule has 0 spiro atoms. The number of hydrogen-bond donors (Lipinski definition) is 2. The van der Waals surface area contributed by atoms with E-state index >= 15 is 0 Å². The minimum absolute atomic E-state index is 0.284. The number of unbranched alkanes of at least 4 members (excludes halogenated alkanes) is 11. The third-order valence-corrected chi connectivity index (χ3v) is 15.3. The first kappa shape index (κ1) is 49.4. The van der Waals surface area contributed by atoms with Crippen LogP contribution in [0.5, 0.6) is 0 Å². The second kappa shape index (κ2) is 21.9. The van der Waals surface area contributed by atoms with Crippen LogP contribution in [-0.4, -0.2) is 55.0 Å². The fourth-order valence-electron chi connectivity index (χ4n) is 11.3. The van der Waals surface area contributed by atoms with Gasteiger partial charge < -0.3 is 9.97 Å². The molecule has 10 rings (SSSR count). The van der Waals surface area contributed by atoms with Crippen LogP contribution in [0.3, 0.4) is 0 Å². The predicted molar refractivity (Wildman–Crippen MR) is 298 cm³/mol. The van der Waals surface area contributed by atoms with Crippen molar-refractivity contribution < 1.29 is 19.2 Å². The maximum absolute atomic E-state index is 14.6. The van der Waals surface area contributed by atoms with Gasteiger partial charge in [0.15, 0.2) is 0 Å². The summed E-state index contributed by atoms with van der Waals surface area (Å²) in [4.78, 5) is 78.1. The Morgan fingerprint density at radius 1 is 0.397 bits per heavy atom. The number of aromatic amines is 2. The number of fused-ring (bicyclic) bond motifs is 8. The number of H-pyrrole nitrogens is 2. The molecule has 0 unspecified atom stereocenters. The maximum Gasteiger partial charge on any atom is 0.265 e. The van der Waals surface area contributed by atoms with Crippen LogP contribution in [-0.2, 0) is 19.3 Å². The number of benzene rings is 3. The minimum atomic E-state index is -0.503. The monoisotopic (exact) mass is 973 g/mol. The predicted octanol–water partition coefficient (Wildman–Crippen LogP) is 15.4. The Labute approximate surface area is 429 Å². The van der Waals surface area contributed by atoms with E-state index in [2.05, 4.69) is 86.2 Å². The molecule has 10 heteroatoms. The number of aryl methyl sites for hydroxylation is 3. The van der Waals surface area contributed by atoms with Crippen molar-refractivity contribution in [2.45, 2.75) is 143 Å². The first-order valence-corrected chi connectivity index (χ1v) is 27.3. The van der Waals surface area contributed by atoms with Gasteiger partial charge in [-0.3, -0.25) is 24.1 Å². The van der Waals surface area contributed by atoms with Gasteiger partial charge in [0.1, 0.15) is 0 Å². The van der Waals surface area contributed by atoms with Gasteiger partial charge in [0, 0.05) is 83.9 Å². The molecule has 73 heavy (non-hydrogen) atoms. The van der Waals surface area contributed by atoms with Crippen LogP contribution in [0.15, 0.2) is 72.8 Å². The average molecular weight is 973 g/mol. The molecule has 7 heterocycles. The van der Waals surface area contributed by atoms with Gasteiger partial charge in [-0.2, -0.15) is 0 Å². The van der Waals surface area contributed by atoms with Gasteiger partial charge in [-0.15, -0.1) is 0 Å². The molecule has 0 radical (unpaired) electrons. The van der Waals surface area contributed by atoms with E-state index in [1.807, 2.05) is 24.3 Å². The van der Waals surface area contributed by atoms with Crippen LogP contribution >= 0.6 is 0 Å². The van der Waals surface area contributed by atoms with Crippen LogP contribution in [0.2, 0.25) is 0 Å². The highest BCUT2D eigenvalue weighted by atomic mass is 16.2. The Hall–Kier alpha value is -7.20. The number of rotatable bonds is 21. The van der Waals surface area contributed by atoms with E-state index in [4.69, 9.17) is 9.97 Å². The van der Waals surface area contributed by atoms with Gasteiger partial charge >= 0.3 is 0 Å². The summed E-state index contributed by atoms with van der Waals surface area (Å²) in [5.41, 5.74) is 14.9. The van der Waals surface area contributed by atoms with Gasteiger partial charge in [0.05, 0.1) is 28.5 Å². The Morgan fingerprint density at radius 3 is 1.26 bits per heavy atom. The van der Waals surface area contributed by atoms with E-state index in [9.17, 15) is 19.2 Å². The zero-order valence-electron chi connectivity index (χ0n) is 43.1. The summed E-state index contributed by atoms with van der Waals surface area (Å²) in [7, 11) is 0. The number of amides is 4. The molecule has 4 amide bonds. The fourth-order valence-corrected chi connectivity index (χ4v) is 11.3. The summed E-state index contributed by atoms with van der Waals surface area (Å²) in [6.07, 6.45) is 27.5. The molecule has 3 aromatic carbocycles. The zero-order chi connectivity index (χ0) is 50.6. The SMILES string of the molecule is CCCCCCCCN1C(=O)c2ccc3c4c(ccc(c24)C1=O)C(=O)N(c1ccc(-c2c4nc(c(CCCCC)c5ccc([nH]5)c(CCCCC)c5nc(c(CCCCC)c6ccc2[nH]6)C=C5)C=C4)cc1)C3=O. The Balaban J connectivity index is 1.06. The summed E-state index contributed by atoms with van der Waals surface area (Å²) in [5, 5.41) is 0.754. The highest BCUT2D eigenvalue weighted by molar-refractivity contribution is 6.39. The van der Waals surface area contributed by atoms with E-state index in [-0.39, 0.29) is 22.9 Å². The fraction of sp³-hybridized carbons (Fsp3) is 0.365. The maximum atomic E-state index is 14.6. The molecule has 0 saturated heterocycles. The molecule has 0 atom stereocenters. The third kappa shape index (κ3) is 9.53. The summed E-state index contributed by atoms with van der Waals surface area (Å²) >= 11 is 0. The molecule has 3 aromatic heterocycles.